The Bertz CT molecular complexity index is 649. The lowest BCUT2D eigenvalue weighted by molar-refractivity contribution is -0.846. The van der Waals surface area contributed by atoms with Crippen molar-refractivity contribution in [3.05, 3.63) is 29.8 Å². The number of hydrogen-bond donors (Lipinski definition) is 1. The molecule has 0 saturated heterocycles. The van der Waals surface area contributed by atoms with E-state index in [1.165, 1.54) is 109 Å². The smallest absolute Gasteiger partial charge is 0.225 e. The summed E-state index contributed by atoms with van der Waals surface area (Å²) in [6, 6.07) is 3.16. The lowest BCUT2D eigenvalue weighted by atomic mass is 10.2. The van der Waals surface area contributed by atoms with Crippen molar-refractivity contribution in [3.8, 4) is 0 Å². The number of rotatable bonds is 27. The zero-order valence-corrected chi connectivity index (χ0v) is 30.0. The summed E-state index contributed by atoms with van der Waals surface area (Å²) in [7, 11) is 0. The van der Waals surface area contributed by atoms with Crippen LogP contribution in [0.5, 0.6) is 0 Å². The summed E-state index contributed by atoms with van der Waals surface area (Å²) in [5.74, 6) is -1.34. The zero-order valence-electron chi connectivity index (χ0n) is 28.8. The Morgan fingerprint density at radius 1 is 0.524 bits per heavy atom. The molecule has 0 aromatic heterocycles. The highest BCUT2D eigenvalue weighted by Gasteiger charge is 2.27. The van der Waals surface area contributed by atoms with Crippen molar-refractivity contribution in [2.75, 3.05) is 13.3 Å². The summed E-state index contributed by atoms with van der Waals surface area (Å²) in [6.07, 6.45) is 29.8. The lowest BCUT2D eigenvalue weighted by Crippen LogP contribution is -3.06. The van der Waals surface area contributed by atoms with Crippen molar-refractivity contribution in [2.45, 2.75) is 184 Å². The van der Waals surface area contributed by atoms with Crippen LogP contribution in [0.1, 0.15) is 163 Å². The monoisotopic (exact) mass is 614 g/mol. The van der Waals surface area contributed by atoms with E-state index in [0.29, 0.717) is 11.4 Å². The third kappa shape index (κ3) is 21.2. The third-order valence-electron chi connectivity index (χ3n) is 9.58. The van der Waals surface area contributed by atoms with Crippen LogP contribution in [0, 0.1) is 11.6 Å². The molecular formula is C37H71AlF3N. The van der Waals surface area contributed by atoms with Gasteiger partial charge in [0.2, 0.25) is 6.80 Å². The third-order valence-corrected chi connectivity index (χ3v) is 16.1. The average Bonchev–Trinajstić information content (AvgIpc) is 2.98. The topological polar surface area (TPSA) is 4.44 Å². The first-order chi connectivity index (χ1) is 20.4. The molecule has 1 unspecified atom stereocenters. The highest BCUT2D eigenvalue weighted by Crippen LogP contribution is 2.35. The Labute approximate surface area is 263 Å². The van der Waals surface area contributed by atoms with Gasteiger partial charge in [-0.25, -0.2) is 8.78 Å². The first kappa shape index (κ1) is 41.5. The van der Waals surface area contributed by atoms with Gasteiger partial charge in [0, 0.05) is 12.1 Å². The normalized spacial score (nSPS) is 12.3. The minimum Gasteiger partial charge on any atom is -0.274 e. The largest absolute Gasteiger partial charge is 0.274 e. The van der Waals surface area contributed by atoms with Gasteiger partial charge in [-0.2, -0.15) is 25.5 Å². The van der Waals surface area contributed by atoms with Gasteiger partial charge in [0.05, 0.1) is 6.54 Å². The number of alkyl halides is 1. The molecule has 0 fully saturated rings. The number of hydrogen-bond acceptors (Lipinski definition) is 0. The molecule has 1 N–H and O–H groups in total. The fourth-order valence-corrected chi connectivity index (χ4v) is 13.1. The fraction of sp³-hybridized carbons (Fsp3) is 0.838. The van der Waals surface area contributed by atoms with Gasteiger partial charge in [0.25, 0.3) is 0 Å². The van der Waals surface area contributed by atoms with E-state index in [9.17, 15) is 13.2 Å². The average molecular weight is 614 g/mol. The zero-order chi connectivity index (χ0) is 31.3. The van der Waals surface area contributed by atoms with Crippen LogP contribution in [0.3, 0.4) is 0 Å². The molecule has 0 radical (unpaired) electrons. The Morgan fingerprint density at radius 3 is 1.17 bits per heavy atom. The van der Waals surface area contributed by atoms with Crippen LogP contribution in [0.15, 0.2) is 18.2 Å². The van der Waals surface area contributed by atoms with Crippen molar-refractivity contribution in [3.63, 3.8) is 0 Å². The first-order valence-corrected chi connectivity index (χ1v) is 21.8. The molecule has 0 aliphatic carbocycles. The highest BCUT2D eigenvalue weighted by atomic mass is 27.2. The first-order valence-electron chi connectivity index (χ1n) is 18.5. The maximum atomic E-state index is 13.0. The molecule has 0 saturated carbocycles. The molecule has 42 heavy (non-hydrogen) atoms. The van der Waals surface area contributed by atoms with Crippen LogP contribution in [0.2, 0.25) is 21.1 Å². The van der Waals surface area contributed by atoms with Crippen LogP contribution in [0.4, 0.5) is 18.9 Å². The second-order valence-corrected chi connectivity index (χ2v) is 19.0. The molecular weight excluding hydrogens is 542 g/mol. The van der Waals surface area contributed by atoms with Crippen LogP contribution < -0.4 is 4.90 Å². The van der Waals surface area contributed by atoms with Gasteiger partial charge in [-0.3, -0.25) is 4.90 Å². The number of quaternary nitrogens is 1. The van der Waals surface area contributed by atoms with Crippen molar-refractivity contribution < 1.29 is 18.1 Å². The van der Waals surface area contributed by atoms with Crippen LogP contribution in [0.25, 0.3) is 0 Å². The summed E-state index contributed by atoms with van der Waals surface area (Å²) < 4.78 is 37.8. The van der Waals surface area contributed by atoms with Crippen LogP contribution in [-0.2, 0) is 0 Å². The van der Waals surface area contributed by atoms with Gasteiger partial charge in [0.15, 0.2) is 11.5 Å². The minimum atomic E-state index is -1.38. The summed E-state index contributed by atoms with van der Waals surface area (Å²) in [6.45, 7) is 10.9. The van der Waals surface area contributed by atoms with Gasteiger partial charge in [-0.05, 0) is 13.0 Å². The molecule has 1 rings (SSSR count). The molecule has 1 nitrogen and oxygen atoms in total. The maximum absolute atomic E-state index is 13.0. The second kappa shape index (κ2) is 29.2. The van der Waals surface area contributed by atoms with E-state index in [2.05, 4.69) is 27.7 Å². The highest BCUT2D eigenvalue weighted by molar-refractivity contribution is 6.79. The molecule has 1 aromatic rings. The van der Waals surface area contributed by atoms with Gasteiger partial charge in [-0.1, -0.05) is 156 Å². The van der Waals surface area contributed by atoms with E-state index in [-0.39, 0.29) is 5.69 Å². The summed E-state index contributed by atoms with van der Waals surface area (Å²) >= 11 is -1.38. The molecule has 0 spiro atoms. The maximum Gasteiger partial charge on any atom is 0.225 e. The van der Waals surface area contributed by atoms with E-state index >= 15 is 0 Å². The van der Waals surface area contributed by atoms with E-state index in [1.807, 2.05) is 0 Å². The fourth-order valence-electron chi connectivity index (χ4n) is 6.72. The van der Waals surface area contributed by atoms with Crippen molar-refractivity contribution in [2.24, 2.45) is 0 Å². The van der Waals surface area contributed by atoms with E-state index in [4.69, 9.17) is 0 Å². The Kier molecular flexibility index (Phi) is 28.9. The molecule has 248 valence electrons. The van der Waals surface area contributed by atoms with Crippen molar-refractivity contribution in [1.29, 1.82) is 0 Å². The Balaban J connectivity index is 0.00000107. The number of nitrogens with one attached hydrogen (secondary N) is 1. The predicted octanol–water partition coefficient (Wildman–Crippen LogP) is 12.7. The van der Waals surface area contributed by atoms with Crippen LogP contribution >= 0.6 is 0 Å². The molecule has 1 atom stereocenters. The van der Waals surface area contributed by atoms with E-state index in [0.717, 1.165) is 12.1 Å². The number of benzene rings is 1. The predicted molar refractivity (Wildman–Crippen MR) is 184 cm³/mol. The quantitative estimate of drug-likeness (QED) is 0.0572. The Morgan fingerprint density at radius 2 is 0.881 bits per heavy atom. The molecule has 0 heterocycles. The molecule has 0 aliphatic rings. The number of halogens is 3. The molecule has 0 aliphatic heterocycles. The van der Waals surface area contributed by atoms with Crippen molar-refractivity contribution in [1.82, 2.24) is 0 Å². The summed E-state index contributed by atoms with van der Waals surface area (Å²) in [5, 5.41) is 6.80. The molecule has 0 bridgehead atoms. The van der Waals surface area contributed by atoms with E-state index in [1.54, 1.807) is 53.7 Å². The lowest BCUT2D eigenvalue weighted by Gasteiger charge is -2.37. The number of unbranched alkanes of at least 4 members (excludes halogenated alkanes) is 16. The standard InChI is InChI=1S/C9H10F3N.4C7H15.Al/c1-2-13(6-10)9-4-3-7(11)5-8(9)12;4*1-3-5-7-6-4-2;/h3-5H,2,6H2,1H3;4*1,3-7H2,2H3;/q;;;;;-1/p+1. The molecule has 5 heteroatoms. The van der Waals surface area contributed by atoms with Gasteiger partial charge >= 0.3 is 0 Å². The summed E-state index contributed by atoms with van der Waals surface area (Å²) in [5.41, 5.74) is 0.173. The SMILES string of the molecule is CCCCCC[CH2][Al-]([CH2]CCCCCC)([CH2]CCCCCC)[CH2]CCCCCC.CC[NH+](CF)c1ccc(F)cc1F. The van der Waals surface area contributed by atoms with Gasteiger partial charge in [0.1, 0.15) is 18.9 Å². The van der Waals surface area contributed by atoms with Crippen LogP contribution in [-0.4, -0.2) is 26.4 Å². The minimum absolute atomic E-state index is 0.173. The second-order valence-electron chi connectivity index (χ2n) is 13.3. The van der Waals surface area contributed by atoms with Gasteiger partial charge in [-0.15, -0.1) is 0 Å². The molecule has 0 amide bonds. The summed E-state index contributed by atoms with van der Waals surface area (Å²) in [4.78, 5) is 0.359. The van der Waals surface area contributed by atoms with Crippen molar-refractivity contribution >= 4 is 18.8 Å². The van der Waals surface area contributed by atoms with E-state index < -0.39 is 31.5 Å². The van der Waals surface area contributed by atoms with Gasteiger partial charge < -0.3 is 0 Å². The Hall–Kier alpha value is -0.498. The molecule has 1 aromatic carbocycles.